The van der Waals surface area contributed by atoms with E-state index in [2.05, 4.69) is 27.9 Å². The van der Waals surface area contributed by atoms with Crippen LogP contribution in [0, 0.1) is 3.57 Å². The van der Waals surface area contributed by atoms with E-state index < -0.39 is 11.5 Å². The summed E-state index contributed by atoms with van der Waals surface area (Å²) in [5.74, 6) is -1.26. The number of halogens is 1. The molecular formula is C14H18INO3. The van der Waals surface area contributed by atoms with Gasteiger partial charge in [-0.15, -0.1) is 0 Å². The fraction of sp³-hybridized carbons (Fsp3) is 0.429. The fourth-order valence-corrected chi connectivity index (χ4v) is 2.51. The predicted molar refractivity (Wildman–Crippen MR) is 82.0 cm³/mol. The van der Waals surface area contributed by atoms with Crippen LogP contribution in [0.2, 0.25) is 0 Å². The van der Waals surface area contributed by atoms with Gasteiger partial charge in [0.15, 0.2) is 0 Å². The van der Waals surface area contributed by atoms with Crippen LogP contribution in [-0.2, 0) is 16.0 Å². The highest BCUT2D eigenvalue weighted by Gasteiger charge is 2.33. The van der Waals surface area contributed by atoms with Crippen molar-refractivity contribution in [1.29, 1.82) is 0 Å². The molecule has 1 atom stereocenters. The topological polar surface area (TPSA) is 66.4 Å². The maximum Gasteiger partial charge on any atom is 0.329 e. The fourth-order valence-electron chi connectivity index (χ4n) is 1.91. The molecule has 0 spiro atoms. The minimum absolute atomic E-state index is 0.198. The SMILES string of the molecule is CCCC(C)(NC(=O)Cc1cccc(I)c1)C(=O)O. The van der Waals surface area contributed by atoms with Gasteiger partial charge in [0, 0.05) is 3.57 Å². The number of carbonyl (C=O) groups excluding carboxylic acids is 1. The summed E-state index contributed by atoms with van der Waals surface area (Å²) in [7, 11) is 0. The standard InChI is InChI=1S/C14H18INO3/c1-3-7-14(2,13(18)19)16-12(17)9-10-5-4-6-11(15)8-10/h4-6,8H,3,7,9H2,1-2H3,(H,16,17)(H,18,19). The van der Waals surface area contributed by atoms with Crippen LogP contribution in [-0.4, -0.2) is 22.5 Å². The Balaban J connectivity index is 2.71. The second kappa shape index (κ2) is 6.88. The average Bonchev–Trinajstić information content (AvgIpc) is 2.28. The van der Waals surface area contributed by atoms with Crippen molar-refractivity contribution in [3.05, 3.63) is 33.4 Å². The summed E-state index contributed by atoms with van der Waals surface area (Å²) in [4.78, 5) is 23.2. The van der Waals surface area contributed by atoms with Crippen molar-refractivity contribution in [2.75, 3.05) is 0 Å². The molecule has 0 aliphatic heterocycles. The summed E-state index contributed by atoms with van der Waals surface area (Å²) in [6.45, 7) is 3.44. The summed E-state index contributed by atoms with van der Waals surface area (Å²) in [6.07, 6.45) is 1.32. The number of aliphatic carboxylic acids is 1. The number of carboxylic acids is 1. The van der Waals surface area contributed by atoms with Crippen molar-refractivity contribution in [1.82, 2.24) is 5.32 Å². The minimum atomic E-state index is -1.19. The number of carboxylic acid groups (broad SMARTS) is 1. The van der Waals surface area contributed by atoms with Gasteiger partial charge < -0.3 is 10.4 Å². The molecule has 1 aromatic carbocycles. The van der Waals surface area contributed by atoms with E-state index in [4.69, 9.17) is 0 Å². The molecule has 0 aromatic heterocycles. The first-order chi connectivity index (χ1) is 8.87. The Hall–Kier alpha value is -1.11. The summed E-state index contributed by atoms with van der Waals surface area (Å²) in [5, 5.41) is 11.8. The monoisotopic (exact) mass is 375 g/mol. The third kappa shape index (κ3) is 4.81. The zero-order chi connectivity index (χ0) is 14.5. The molecule has 0 aliphatic carbocycles. The molecule has 19 heavy (non-hydrogen) atoms. The van der Waals surface area contributed by atoms with E-state index in [1.807, 2.05) is 31.2 Å². The number of amides is 1. The second-order valence-corrected chi connectivity index (χ2v) is 5.99. The number of hydrogen-bond donors (Lipinski definition) is 2. The maximum atomic E-state index is 11.9. The van der Waals surface area contributed by atoms with Crippen molar-refractivity contribution < 1.29 is 14.7 Å². The summed E-state index contributed by atoms with van der Waals surface area (Å²) in [5.41, 5.74) is -0.304. The Bertz CT molecular complexity index is 476. The number of hydrogen-bond acceptors (Lipinski definition) is 2. The van der Waals surface area contributed by atoms with E-state index in [0.29, 0.717) is 12.8 Å². The van der Waals surface area contributed by atoms with Crippen molar-refractivity contribution in [3.8, 4) is 0 Å². The Morgan fingerprint density at radius 2 is 2.11 bits per heavy atom. The van der Waals surface area contributed by atoms with Crippen LogP contribution in [0.1, 0.15) is 32.3 Å². The molecule has 0 saturated carbocycles. The maximum absolute atomic E-state index is 11.9. The van der Waals surface area contributed by atoms with Crippen LogP contribution in [0.5, 0.6) is 0 Å². The Morgan fingerprint density at radius 3 is 2.63 bits per heavy atom. The van der Waals surface area contributed by atoms with Gasteiger partial charge in [0.2, 0.25) is 5.91 Å². The lowest BCUT2D eigenvalue weighted by molar-refractivity contribution is -0.147. The Kier molecular flexibility index (Phi) is 5.78. The van der Waals surface area contributed by atoms with E-state index in [0.717, 1.165) is 9.13 Å². The van der Waals surface area contributed by atoms with Gasteiger partial charge in [-0.3, -0.25) is 4.79 Å². The number of benzene rings is 1. The van der Waals surface area contributed by atoms with E-state index >= 15 is 0 Å². The van der Waals surface area contributed by atoms with Crippen molar-refractivity contribution in [2.45, 2.75) is 38.6 Å². The molecule has 4 nitrogen and oxygen atoms in total. The Morgan fingerprint density at radius 1 is 1.42 bits per heavy atom. The largest absolute Gasteiger partial charge is 0.480 e. The van der Waals surface area contributed by atoms with E-state index in [9.17, 15) is 14.7 Å². The molecule has 5 heteroatoms. The van der Waals surface area contributed by atoms with Crippen molar-refractivity contribution in [3.63, 3.8) is 0 Å². The normalized spacial score (nSPS) is 13.6. The molecule has 0 heterocycles. The minimum Gasteiger partial charge on any atom is -0.480 e. The van der Waals surface area contributed by atoms with Crippen LogP contribution >= 0.6 is 22.6 Å². The summed E-state index contributed by atoms with van der Waals surface area (Å²) < 4.78 is 1.05. The number of nitrogens with one attached hydrogen (secondary N) is 1. The first-order valence-electron chi connectivity index (χ1n) is 6.16. The predicted octanol–water partition coefficient (Wildman–Crippen LogP) is 2.59. The molecule has 104 valence electrons. The third-order valence-electron chi connectivity index (χ3n) is 2.89. The summed E-state index contributed by atoms with van der Waals surface area (Å²) >= 11 is 2.18. The van der Waals surface area contributed by atoms with E-state index in [-0.39, 0.29) is 12.3 Å². The number of carbonyl (C=O) groups is 2. The van der Waals surface area contributed by atoms with Crippen LogP contribution in [0.3, 0.4) is 0 Å². The van der Waals surface area contributed by atoms with Gasteiger partial charge in [-0.1, -0.05) is 25.5 Å². The highest BCUT2D eigenvalue weighted by molar-refractivity contribution is 14.1. The van der Waals surface area contributed by atoms with Crippen LogP contribution in [0.4, 0.5) is 0 Å². The molecular weight excluding hydrogens is 357 g/mol. The lowest BCUT2D eigenvalue weighted by Crippen LogP contribution is -2.52. The van der Waals surface area contributed by atoms with Gasteiger partial charge in [-0.25, -0.2) is 4.79 Å². The highest BCUT2D eigenvalue weighted by atomic mass is 127. The van der Waals surface area contributed by atoms with Gasteiger partial charge >= 0.3 is 5.97 Å². The van der Waals surface area contributed by atoms with Gasteiger partial charge in [0.05, 0.1) is 6.42 Å². The highest BCUT2D eigenvalue weighted by Crippen LogP contribution is 2.14. The quantitative estimate of drug-likeness (QED) is 0.752. The second-order valence-electron chi connectivity index (χ2n) is 4.74. The lowest BCUT2D eigenvalue weighted by atomic mass is 9.96. The molecule has 0 fully saturated rings. The summed E-state index contributed by atoms with van der Waals surface area (Å²) in [6, 6.07) is 7.60. The first kappa shape index (κ1) is 15.9. The molecule has 1 aromatic rings. The average molecular weight is 375 g/mol. The van der Waals surface area contributed by atoms with Gasteiger partial charge in [-0.05, 0) is 53.6 Å². The van der Waals surface area contributed by atoms with Crippen LogP contribution < -0.4 is 5.32 Å². The van der Waals surface area contributed by atoms with Crippen LogP contribution in [0.25, 0.3) is 0 Å². The zero-order valence-corrected chi connectivity index (χ0v) is 13.2. The lowest BCUT2D eigenvalue weighted by Gasteiger charge is -2.25. The molecule has 0 aliphatic rings. The smallest absolute Gasteiger partial charge is 0.329 e. The van der Waals surface area contributed by atoms with Crippen LogP contribution in [0.15, 0.2) is 24.3 Å². The van der Waals surface area contributed by atoms with E-state index in [1.165, 1.54) is 0 Å². The van der Waals surface area contributed by atoms with Crippen molar-refractivity contribution in [2.24, 2.45) is 0 Å². The molecule has 0 bridgehead atoms. The molecule has 0 saturated heterocycles. The molecule has 1 amide bonds. The Labute approximate surface area is 126 Å². The first-order valence-corrected chi connectivity index (χ1v) is 7.24. The van der Waals surface area contributed by atoms with Gasteiger partial charge in [0.1, 0.15) is 5.54 Å². The van der Waals surface area contributed by atoms with Gasteiger partial charge in [-0.2, -0.15) is 0 Å². The van der Waals surface area contributed by atoms with Gasteiger partial charge in [0.25, 0.3) is 0 Å². The zero-order valence-electron chi connectivity index (χ0n) is 11.1. The van der Waals surface area contributed by atoms with Crippen molar-refractivity contribution >= 4 is 34.5 Å². The molecule has 0 radical (unpaired) electrons. The molecule has 1 rings (SSSR count). The van der Waals surface area contributed by atoms with E-state index in [1.54, 1.807) is 6.92 Å². The number of rotatable bonds is 6. The molecule has 1 unspecified atom stereocenters. The molecule has 2 N–H and O–H groups in total. The third-order valence-corrected chi connectivity index (χ3v) is 3.56.